The monoisotopic (exact) mass is 1220 g/mol. The molecule has 0 radical (unpaired) electrons. The van der Waals surface area contributed by atoms with Gasteiger partial charge in [0.15, 0.2) is 0 Å². The first-order valence-corrected chi connectivity index (χ1v) is 50.0. The van der Waals surface area contributed by atoms with Crippen LogP contribution in [0.2, 0.25) is 66.5 Å². The van der Waals surface area contributed by atoms with E-state index in [0.717, 1.165) is 66.5 Å². The van der Waals surface area contributed by atoms with Gasteiger partial charge in [0.05, 0.1) is 0 Å². The molecule has 12 saturated carbocycles. The number of rotatable bonds is 20. The van der Waals surface area contributed by atoms with Gasteiger partial charge in [-0.05, 0) is 0 Å². The number of hydrogen-bond donors (Lipinski definition) is 0. The van der Waals surface area contributed by atoms with Gasteiger partial charge in [0.1, 0.15) is 0 Å². The standard InChI is InChI=1S/4C18H33OSi.Ti/c4*19-20(16-10-4-1-5-11-16,17-12-6-2-7-13-17)18-14-8-3-9-15-18;/h4*16-18H,1-15H2;/q4*-1;+4. The van der Waals surface area contributed by atoms with Crippen molar-refractivity contribution in [3.63, 3.8) is 0 Å². The van der Waals surface area contributed by atoms with E-state index in [4.69, 9.17) is 0 Å². The molecule has 0 bridgehead atoms. The van der Waals surface area contributed by atoms with E-state index in [9.17, 15) is 12.0 Å². The summed E-state index contributed by atoms with van der Waals surface area (Å²) in [5.41, 5.74) is 9.48. The molecule has 4 nitrogen and oxygen atoms in total. The molecule has 12 aliphatic carbocycles. The van der Waals surface area contributed by atoms with Crippen LogP contribution in [0.5, 0.6) is 0 Å². The van der Waals surface area contributed by atoms with E-state index in [1.54, 1.807) is 0 Å². The van der Waals surface area contributed by atoms with Crippen LogP contribution < -0.4 is 0 Å². The van der Waals surface area contributed by atoms with Crippen LogP contribution in [0.3, 0.4) is 0 Å². The van der Waals surface area contributed by atoms with E-state index in [1.165, 1.54) is 385 Å². The third-order valence-corrected chi connectivity index (χ3v) is 64.1. The van der Waals surface area contributed by atoms with E-state index in [0.29, 0.717) is 0 Å². The van der Waals surface area contributed by atoms with Crippen LogP contribution in [-0.4, -0.2) is 33.3 Å². The first-order chi connectivity index (χ1) is 40.1. The maximum absolute atomic E-state index is 10.4. The van der Waals surface area contributed by atoms with E-state index < -0.39 is 51.4 Å². The van der Waals surface area contributed by atoms with Crippen LogP contribution in [0, 0.1) is 0 Å². The van der Waals surface area contributed by atoms with Crippen LogP contribution >= 0.6 is 0 Å². The second-order valence-electron chi connectivity index (χ2n) is 32.3. The average molecular weight is 1220 g/mol. The van der Waals surface area contributed by atoms with Gasteiger partial charge in [-0.25, -0.2) is 0 Å². The molecule has 0 aromatic carbocycles. The van der Waals surface area contributed by atoms with Gasteiger partial charge in [0.25, 0.3) is 0 Å². The molecule has 12 fully saturated rings. The Balaban J connectivity index is 1.20. The molecule has 0 aromatic heterocycles. The minimum atomic E-state index is -5.08. The summed E-state index contributed by atoms with van der Waals surface area (Å²) in [5, 5.41) is 0. The fraction of sp³-hybridized carbons (Fsp3) is 1.00. The Morgan fingerprint density at radius 1 is 0.136 bits per heavy atom. The Hall–Kier alpha value is 1.42. The topological polar surface area (TPSA) is 36.9 Å². The van der Waals surface area contributed by atoms with Gasteiger partial charge in [-0.2, -0.15) is 0 Å². The molecule has 0 aromatic rings. The van der Waals surface area contributed by atoms with Crippen molar-refractivity contribution < 1.29 is 30.2 Å². The molecule has 464 valence electrons. The van der Waals surface area contributed by atoms with Crippen molar-refractivity contribution in [2.45, 2.75) is 452 Å². The third kappa shape index (κ3) is 13.7. The molecule has 0 amide bonds. The average Bonchev–Trinajstić information content (AvgIpc) is 3.74. The normalized spacial score (nSPS) is 29.3. The van der Waals surface area contributed by atoms with E-state index >= 15 is 0 Å². The third-order valence-electron chi connectivity index (χ3n) is 28.1. The zero-order valence-corrected chi connectivity index (χ0v) is 59.0. The SMILES string of the molecule is C1CCC([Si]([O][Ti]([O][Si](C2CCCCC2)(C2CCCCC2)C2CCCCC2)([O][Si](C2CCCCC2)(C2CCCCC2)C2CCCCC2)[O][Si](C2CCCCC2)(C2CCCCC2)C2CCCCC2)(C2CCCCC2)C2CCCCC2)CC1. The van der Waals surface area contributed by atoms with Crippen LogP contribution in [0.1, 0.15) is 385 Å². The Morgan fingerprint density at radius 3 is 0.309 bits per heavy atom. The predicted molar refractivity (Wildman–Crippen MR) is 349 cm³/mol. The van der Waals surface area contributed by atoms with Gasteiger partial charge in [0.2, 0.25) is 0 Å². The second-order valence-corrected chi connectivity index (χ2v) is 55.2. The summed E-state index contributed by atoms with van der Waals surface area (Å²) in [5.74, 6) is 0. The summed E-state index contributed by atoms with van der Waals surface area (Å²) in [6.45, 7) is 0. The predicted octanol–water partition coefficient (Wildman–Crippen LogP) is 25.7. The van der Waals surface area contributed by atoms with Crippen molar-refractivity contribution in [3.05, 3.63) is 0 Å². The van der Waals surface area contributed by atoms with Gasteiger partial charge in [-0.1, -0.05) is 0 Å². The number of hydrogen-bond acceptors (Lipinski definition) is 4. The van der Waals surface area contributed by atoms with Crippen LogP contribution in [-0.2, 0) is 30.2 Å². The summed E-state index contributed by atoms with van der Waals surface area (Å²) in [7, 11) is -10.8. The van der Waals surface area contributed by atoms with Crippen LogP contribution in [0.4, 0.5) is 0 Å². The first kappa shape index (κ1) is 62.6. The Kier molecular flexibility index (Phi) is 23.6. The van der Waals surface area contributed by atoms with Crippen molar-refractivity contribution in [1.82, 2.24) is 0 Å². The van der Waals surface area contributed by atoms with Crippen molar-refractivity contribution in [3.8, 4) is 0 Å². The molecule has 12 rings (SSSR count). The van der Waals surface area contributed by atoms with Gasteiger partial charge in [0, 0.05) is 0 Å². The summed E-state index contributed by atoms with van der Waals surface area (Å²) in [6.07, 6.45) is 88.1. The van der Waals surface area contributed by atoms with E-state index in [-0.39, 0.29) is 0 Å². The van der Waals surface area contributed by atoms with Gasteiger partial charge in [-0.3, -0.25) is 0 Å². The molecule has 0 aliphatic heterocycles. The first-order valence-electron chi connectivity index (χ1n) is 38.9. The zero-order valence-electron chi connectivity index (χ0n) is 53.5. The quantitative estimate of drug-likeness (QED) is 0.114. The summed E-state index contributed by atoms with van der Waals surface area (Å²) >= 11 is -5.08. The summed E-state index contributed by atoms with van der Waals surface area (Å²) < 4.78 is 41.6. The minimum absolute atomic E-state index is 0.790. The molecular formula is C72H132O4Si4Ti. The molecule has 9 heteroatoms. The fourth-order valence-electron chi connectivity index (χ4n) is 24.6. The molecule has 0 saturated heterocycles. The van der Waals surface area contributed by atoms with Gasteiger partial charge >= 0.3 is 515 Å². The molecule has 0 heterocycles. The summed E-state index contributed by atoms with van der Waals surface area (Å²) in [4.78, 5) is 0. The van der Waals surface area contributed by atoms with E-state index in [1.807, 2.05) is 0 Å². The Bertz CT molecular complexity index is 1350. The van der Waals surface area contributed by atoms with Crippen molar-refractivity contribution >= 4 is 33.3 Å². The maximum atomic E-state index is 10.4. The molecular weight excluding hydrogens is 1090 g/mol. The molecule has 0 N–H and O–H groups in total. The van der Waals surface area contributed by atoms with Crippen molar-refractivity contribution in [2.24, 2.45) is 0 Å². The van der Waals surface area contributed by atoms with Crippen LogP contribution in [0.15, 0.2) is 0 Å². The Morgan fingerprint density at radius 2 is 0.222 bits per heavy atom. The van der Waals surface area contributed by atoms with E-state index in [2.05, 4.69) is 0 Å². The molecule has 0 atom stereocenters. The van der Waals surface area contributed by atoms with Gasteiger partial charge in [-0.15, -0.1) is 0 Å². The fourth-order valence-corrected chi connectivity index (χ4v) is 74.1. The molecule has 0 unspecified atom stereocenters. The summed E-state index contributed by atoms with van der Waals surface area (Å²) in [6, 6.07) is 0. The Labute approximate surface area is 511 Å². The van der Waals surface area contributed by atoms with Crippen LogP contribution in [0.25, 0.3) is 0 Å². The molecule has 81 heavy (non-hydrogen) atoms. The zero-order chi connectivity index (χ0) is 54.7. The van der Waals surface area contributed by atoms with Gasteiger partial charge < -0.3 is 0 Å². The molecule has 12 aliphatic rings. The molecule has 0 spiro atoms. The second kappa shape index (κ2) is 30.5. The van der Waals surface area contributed by atoms with Crippen molar-refractivity contribution in [1.29, 1.82) is 0 Å². The van der Waals surface area contributed by atoms with Crippen molar-refractivity contribution in [2.75, 3.05) is 0 Å².